The predicted molar refractivity (Wildman–Crippen MR) is 99.8 cm³/mol. The van der Waals surface area contributed by atoms with Crippen molar-refractivity contribution in [1.29, 1.82) is 0 Å². The largest absolute Gasteiger partial charge is 0.394 e. The number of rotatable bonds is 6. The molecule has 15 nitrogen and oxygen atoms in total. The molecule has 0 aromatic carbocycles. The number of aliphatic hydroxyl groups is 10. The van der Waals surface area contributed by atoms with Crippen LogP contribution in [0.25, 0.3) is 0 Å². The highest BCUT2D eigenvalue weighted by Crippen LogP contribution is 2.32. The van der Waals surface area contributed by atoms with E-state index in [1.54, 1.807) is 0 Å². The van der Waals surface area contributed by atoms with Gasteiger partial charge in [0.1, 0.15) is 67.1 Å². The van der Waals surface area contributed by atoms with E-state index >= 15 is 0 Å². The van der Waals surface area contributed by atoms with E-state index in [4.69, 9.17) is 23.7 Å². The van der Waals surface area contributed by atoms with Gasteiger partial charge in [0.05, 0.1) is 19.3 Å². The van der Waals surface area contributed by atoms with Gasteiger partial charge in [-0.2, -0.15) is 0 Å². The van der Waals surface area contributed by atoms with Gasteiger partial charge in [0.15, 0.2) is 18.9 Å². The van der Waals surface area contributed by atoms with Crippen molar-refractivity contribution >= 4 is 0 Å². The van der Waals surface area contributed by atoms with Crippen LogP contribution in [-0.2, 0) is 23.7 Å². The van der Waals surface area contributed by atoms with Crippen LogP contribution in [-0.4, -0.2) is 156 Å². The highest BCUT2D eigenvalue weighted by molar-refractivity contribution is 4.95. The topological polar surface area (TPSA) is 248 Å². The fourth-order valence-corrected chi connectivity index (χ4v) is 3.98. The average Bonchev–Trinajstić information content (AvgIpc) is 2.80. The highest BCUT2D eigenvalue weighted by Gasteiger charge is 2.53. The minimum absolute atomic E-state index is 0.760. The second kappa shape index (κ2) is 11.0. The van der Waals surface area contributed by atoms with Crippen molar-refractivity contribution in [2.24, 2.45) is 0 Å². The molecule has 3 saturated heterocycles. The Kier molecular flexibility index (Phi) is 8.99. The molecule has 15 atom stereocenters. The lowest BCUT2D eigenvalue weighted by atomic mass is 9.96. The Morgan fingerprint density at radius 3 is 1.73 bits per heavy atom. The van der Waals surface area contributed by atoms with E-state index in [1.165, 1.54) is 6.92 Å². The molecule has 3 aliphatic heterocycles. The fourth-order valence-electron chi connectivity index (χ4n) is 3.98. The maximum absolute atomic E-state index is 10.6. The molecule has 0 bridgehead atoms. The Morgan fingerprint density at radius 2 is 1.12 bits per heavy atom. The molecule has 0 saturated carbocycles. The smallest absolute Gasteiger partial charge is 0.187 e. The molecule has 0 aromatic rings. The van der Waals surface area contributed by atoms with Crippen molar-refractivity contribution in [1.82, 2.24) is 0 Å². The monoisotopic (exact) mass is 488 g/mol. The number of aliphatic hydroxyl groups excluding tert-OH is 10. The first-order valence-electron chi connectivity index (χ1n) is 10.4. The third-order valence-corrected chi connectivity index (χ3v) is 6.05. The van der Waals surface area contributed by atoms with Crippen molar-refractivity contribution < 1.29 is 74.7 Å². The maximum Gasteiger partial charge on any atom is 0.187 e. The molecule has 10 N–H and O–H groups in total. The number of hydrogen-bond acceptors (Lipinski definition) is 15. The van der Waals surface area contributed by atoms with Crippen LogP contribution in [0, 0.1) is 0 Å². The van der Waals surface area contributed by atoms with Crippen molar-refractivity contribution in [3.63, 3.8) is 0 Å². The average molecular weight is 488 g/mol. The molecule has 2 unspecified atom stereocenters. The van der Waals surface area contributed by atoms with Crippen LogP contribution in [0.3, 0.4) is 0 Å². The van der Waals surface area contributed by atoms with Crippen molar-refractivity contribution in [2.75, 3.05) is 13.2 Å². The Bertz CT molecular complexity index is 624. The molecule has 0 spiro atoms. The van der Waals surface area contributed by atoms with E-state index in [1.807, 2.05) is 0 Å². The lowest BCUT2D eigenvalue weighted by Crippen LogP contribution is -2.66. The minimum Gasteiger partial charge on any atom is -0.394 e. The van der Waals surface area contributed by atoms with Crippen molar-refractivity contribution in [3.8, 4) is 0 Å². The summed E-state index contributed by atoms with van der Waals surface area (Å²) in [6.07, 6.45) is -24.1. The van der Waals surface area contributed by atoms with E-state index in [0.717, 1.165) is 0 Å². The van der Waals surface area contributed by atoms with Gasteiger partial charge < -0.3 is 74.7 Å². The molecule has 3 aliphatic rings. The molecule has 0 amide bonds. The zero-order valence-corrected chi connectivity index (χ0v) is 17.6. The molecule has 0 aliphatic carbocycles. The van der Waals surface area contributed by atoms with Gasteiger partial charge in [-0.05, 0) is 6.92 Å². The minimum atomic E-state index is -1.83. The van der Waals surface area contributed by atoms with Crippen LogP contribution in [0.4, 0.5) is 0 Å². The molecule has 194 valence electrons. The van der Waals surface area contributed by atoms with Crippen LogP contribution in [0.15, 0.2) is 0 Å². The number of hydrogen-bond donors (Lipinski definition) is 10. The zero-order valence-electron chi connectivity index (χ0n) is 17.6. The van der Waals surface area contributed by atoms with Crippen LogP contribution < -0.4 is 0 Å². The first-order valence-corrected chi connectivity index (χ1v) is 10.4. The third kappa shape index (κ3) is 5.32. The Labute approximate surface area is 187 Å². The summed E-state index contributed by atoms with van der Waals surface area (Å²) in [6, 6.07) is 0. The first kappa shape index (κ1) is 27.0. The van der Waals surface area contributed by atoms with Gasteiger partial charge in [-0.3, -0.25) is 0 Å². The molecular formula is C18H32O15. The normalized spacial score (nSPS) is 53.7. The van der Waals surface area contributed by atoms with E-state index in [2.05, 4.69) is 0 Å². The second-order valence-corrected chi connectivity index (χ2v) is 8.32. The lowest BCUT2D eigenvalue weighted by Gasteiger charge is -2.48. The summed E-state index contributed by atoms with van der Waals surface area (Å²) in [7, 11) is 0. The molecule has 0 radical (unpaired) electrons. The van der Waals surface area contributed by atoms with Gasteiger partial charge in [0, 0.05) is 0 Å². The van der Waals surface area contributed by atoms with Gasteiger partial charge in [-0.1, -0.05) is 0 Å². The standard InChI is InChI=1S/C18H32O15/c1-4-7(21)9(23)13(27)17(29-4)33-15-10(24)8(22)5(2-19)31-18(15)32-14-6(3-20)30-16(28)12(26)11(14)25/h4-28H,2-3H2,1H3/t4-,5-,6-,7+,8+,9+,10+,11-,12-,13-,14-,15-,16?,17?,18+/m1/s1. The predicted octanol–water partition coefficient (Wildman–Crippen LogP) is -6.55. The van der Waals surface area contributed by atoms with Gasteiger partial charge in [0.2, 0.25) is 0 Å². The Hall–Kier alpha value is -0.600. The summed E-state index contributed by atoms with van der Waals surface area (Å²) < 4.78 is 26.9. The Morgan fingerprint density at radius 1 is 0.545 bits per heavy atom. The van der Waals surface area contributed by atoms with Gasteiger partial charge in [-0.15, -0.1) is 0 Å². The Balaban J connectivity index is 1.83. The van der Waals surface area contributed by atoms with Crippen LogP contribution in [0.5, 0.6) is 0 Å². The highest BCUT2D eigenvalue weighted by atomic mass is 16.8. The summed E-state index contributed by atoms with van der Waals surface area (Å²) in [5.41, 5.74) is 0. The fraction of sp³-hybridized carbons (Fsp3) is 1.00. The quantitative estimate of drug-likeness (QED) is 0.167. The molecule has 0 aromatic heterocycles. The first-order chi connectivity index (χ1) is 15.5. The molecule has 3 fully saturated rings. The summed E-state index contributed by atoms with van der Waals surface area (Å²) in [5, 5.41) is 99.8. The number of ether oxygens (including phenoxy) is 5. The lowest BCUT2D eigenvalue weighted by molar-refractivity contribution is -0.385. The molecular weight excluding hydrogens is 456 g/mol. The maximum atomic E-state index is 10.6. The second-order valence-electron chi connectivity index (χ2n) is 8.32. The van der Waals surface area contributed by atoms with Crippen LogP contribution in [0.1, 0.15) is 6.92 Å². The third-order valence-electron chi connectivity index (χ3n) is 6.05. The van der Waals surface area contributed by atoms with E-state index in [0.29, 0.717) is 0 Å². The van der Waals surface area contributed by atoms with Gasteiger partial charge in [-0.25, -0.2) is 0 Å². The van der Waals surface area contributed by atoms with E-state index in [-0.39, 0.29) is 0 Å². The summed E-state index contributed by atoms with van der Waals surface area (Å²) in [6.45, 7) is -0.128. The summed E-state index contributed by atoms with van der Waals surface area (Å²) in [5.74, 6) is 0. The zero-order chi connectivity index (χ0) is 24.6. The SMILES string of the molecule is C[C@H]1OC(O[C@H]2[C@H](O[C@H]3[C@H](O)[C@@H](O)C(O)O[C@@H]3CO)O[C@H](CO)[C@H](O)[C@@H]2O)[C@H](O)[C@@H](O)[C@H]1O. The van der Waals surface area contributed by atoms with Crippen molar-refractivity contribution in [2.45, 2.75) is 99.0 Å². The van der Waals surface area contributed by atoms with Crippen molar-refractivity contribution in [3.05, 3.63) is 0 Å². The van der Waals surface area contributed by atoms with Crippen LogP contribution >= 0.6 is 0 Å². The van der Waals surface area contributed by atoms with E-state index < -0.39 is 105 Å². The van der Waals surface area contributed by atoms with Gasteiger partial charge >= 0.3 is 0 Å². The molecule has 3 rings (SSSR count). The summed E-state index contributed by atoms with van der Waals surface area (Å²) >= 11 is 0. The summed E-state index contributed by atoms with van der Waals surface area (Å²) in [4.78, 5) is 0. The van der Waals surface area contributed by atoms with Crippen LogP contribution in [0.2, 0.25) is 0 Å². The van der Waals surface area contributed by atoms with E-state index in [9.17, 15) is 51.1 Å². The molecule has 3 heterocycles. The molecule has 15 heteroatoms. The molecule has 33 heavy (non-hydrogen) atoms. The van der Waals surface area contributed by atoms with Gasteiger partial charge in [0.25, 0.3) is 0 Å².